The fourth-order valence-electron chi connectivity index (χ4n) is 1.54. The smallest absolute Gasteiger partial charge is 0.303 e. The first-order valence-electron chi connectivity index (χ1n) is 5.25. The van der Waals surface area contributed by atoms with Crippen molar-refractivity contribution in [2.24, 2.45) is 0 Å². The third-order valence-electron chi connectivity index (χ3n) is 2.41. The minimum absolute atomic E-state index is 0.171. The summed E-state index contributed by atoms with van der Waals surface area (Å²) in [5, 5.41) is 9.56. The Balaban J connectivity index is 1.93. The third kappa shape index (κ3) is 2.93. The average molecular weight is 242 g/mol. The lowest BCUT2D eigenvalue weighted by Gasteiger charge is -2.25. The quantitative estimate of drug-likeness (QED) is 0.853. The Kier molecular flexibility index (Phi) is 3.74. The zero-order valence-corrected chi connectivity index (χ0v) is 9.70. The van der Waals surface area contributed by atoms with E-state index in [0.29, 0.717) is 6.42 Å². The minimum atomic E-state index is -0.763. The molecule has 2 heterocycles. The second kappa shape index (κ2) is 5.27. The Morgan fingerprint density at radius 3 is 3.00 bits per heavy atom. The van der Waals surface area contributed by atoms with Crippen molar-refractivity contribution in [2.45, 2.75) is 12.8 Å². The van der Waals surface area contributed by atoms with Crippen molar-refractivity contribution in [1.29, 1.82) is 0 Å². The number of ether oxygens (including phenoxy) is 1. The van der Waals surface area contributed by atoms with Crippen LogP contribution < -0.4 is 4.90 Å². The Hall–Kier alpha value is -1.14. The van der Waals surface area contributed by atoms with Gasteiger partial charge in [0.05, 0.1) is 19.6 Å². The van der Waals surface area contributed by atoms with Gasteiger partial charge < -0.3 is 14.7 Å². The fourth-order valence-corrected chi connectivity index (χ4v) is 2.50. The number of thiazole rings is 1. The maximum absolute atomic E-state index is 10.4. The molecule has 0 unspecified atom stereocenters. The van der Waals surface area contributed by atoms with Gasteiger partial charge in [0.15, 0.2) is 5.13 Å². The fraction of sp³-hybridized carbons (Fsp3) is 0.600. The number of carboxylic acids is 1. The molecule has 1 aromatic heterocycles. The largest absolute Gasteiger partial charge is 0.481 e. The minimum Gasteiger partial charge on any atom is -0.481 e. The average Bonchev–Trinajstić information content (AvgIpc) is 2.76. The second-order valence-corrected chi connectivity index (χ2v) is 4.70. The van der Waals surface area contributed by atoms with Crippen LogP contribution >= 0.6 is 11.3 Å². The Labute approximate surface area is 97.7 Å². The molecule has 2 rings (SSSR count). The number of hydrogen-bond donors (Lipinski definition) is 1. The topological polar surface area (TPSA) is 62.7 Å². The van der Waals surface area contributed by atoms with Gasteiger partial charge in [-0.15, -0.1) is 11.3 Å². The molecule has 6 heteroatoms. The van der Waals surface area contributed by atoms with Crippen molar-refractivity contribution < 1.29 is 14.6 Å². The van der Waals surface area contributed by atoms with Crippen LogP contribution in [0.5, 0.6) is 0 Å². The van der Waals surface area contributed by atoms with Crippen molar-refractivity contribution in [1.82, 2.24) is 4.98 Å². The molecule has 0 aromatic carbocycles. The second-order valence-electron chi connectivity index (χ2n) is 3.60. The van der Waals surface area contributed by atoms with Gasteiger partial charge in [-0.25, -0.2) is 4.98 Å². The summed E-state index contributed by atoms with van der Waals surface area (Å²) >= 11 is 1.58. The predicted octanol–water partition coefficient (Wildman–Crippen LogP) is 0.997. The molecule has 1 N–H and O–H groups in total. The van der Waals surface area contributed by atoms with Crippen molar-refractivity contribution in [3.8, 4) is 0 Å². The van der Waals surface area contributed by atoms with Gasteiger partial charge in [-0.05, 0) is 6.42 Å². The maximum atomic E-state index is 10.4. The van der Waals surface area contributed by atoms with Gasteiger partial charge in [-0.1, -0.05) is 0 Å². The predicted molar refractivity (Wildman–Crippen MR) is 61.1 cm³/mol. The van der Waals surface area contributed by atoms with Gasteiger partial charge in [0.25, 0.3) is 0 Å². The molecular weight excluding hydrogens is 228 g/mol. The SMILES string of the molecule is O=C(O)CCc1cnc(N2CCOCC2)s1. The third-order valence-corrected chi connectivity index (χ3v) is 3.53. The van der Waals surface area contributed by atoms with E-state index in [1.54, 1.807) is 17.5 Å². The molecule has 1 aromatic rings. The summed E-state index contributed by atoms with van der Waals surface area (Å²) in [5.74, 6) is -0.763. The normalized spacial score (nSPS) is 16.4. The van der Waals surface area contributed by atoms with Gasteiger partial charge in [0.2, 0.25) is 0 Å². The number of aryl methyl sites for hydroxylation is 1. The van der Waals surface area contributed by atoms with E-state index >= 15 is 0 Å². The highest BCUT2D eigenvalue weighted by atomic mass is 32.1. The number of nitrogens with zero attached hydrogens (tertiary/aromatic N) is 2. The maximum Gasteiger partial charge on any atom is 0.303 e. The molecule has 0 atom stereocenters. The highest BCUT2D eigenvalue weighted by Crippen LogP contribution is 2.24. The standard InChI is InChI=1S/C10H14N2O3S/c13-9(14)2-1-8-7-11-10(16-8)12-3-5-15-6-4-12/h7H,1-6H2,(H,13,14). The lowest BCUT2D eigenvalue weighted by atomic mass is 10.3. The van der Waals surface area contributed by atoms with E-state index in [2.05, 4.69) is 9.88 Å². The molecule has 1 aliphatic heterocycles. The van der Waals surface area contributed by atoms with Gasteiger partial charge in [-0.3, -0.25) is 4.79 Å². The molecule has 5 nitrogen and oxygen atoms in total. The van der Waals surface area contributed by atoms with Crippen LogP contribution in [-0.4, -0.2) is 42.4 Å². The van der Waals surface area contributed by atoms with Crippen LogP contribution in [0.25, 0.3) is 0 Å². The molecule has 1 aliphatic rings. The van der Waals surface area contributed by atoms with Gasteiger partial charge in [-0.2, -0.15) is 0 Å². The molecule has 0 bridgehead atoms. The molecule has 0 spiro atoms. The summed E-state index contributed by atoms with van der Waals surface area (Å²) in [7, 11) is 0. The van der Waals surface area contributed by atoms with E-state index in [1.165, 1.54) is 0 Å². The van der Waals surface area contributed by atoms with Crippen LogP contribution in [0.15, 0.2) is 6.20 Å². The number of carbonyl (C=O) groups is 1. The number of aromatic nitrogens is 1. The summed E-state index contributed by atoms with van der Waals surface area (Å²) in [6, 6.07) is 0. The van der Waals surface area contributed by atoms with Crippen LogP contribution in [0.2, 0.25) is 0 Å². The van der Waals surface area contributed by atoms with Gasteiger partial charge in [0, 0.05) is 24.2 Å². The molecular formula is C10H14N2O3S. The summed E-state index contributed by atoms with van der Waals surface area (Å²) in [6.07, 6.45) is 2.51. The lowest BCUT2D eigenvalue weighted by Crippen LogP contribution is -2.36. The van der Waals surface area contributed by atoms with Crippen LogP contribution in [0.3, 0.4) is 0 Å². The monoisotopic (exact) mass is 242 g/mol. The van der Waals surface area contributed by atoms with Crippen LogP contribution in [-0.2, 0) is 16.0 Å². The number of hydrogen-bond acceptors (Lipinski definition) is 5. The number of carboxylic acid groups (broad SMARTS) is 1. The molecule has 0 saturated carbocycles. The molecule has 16 heavy (non-hydrogen) atoms. The Morgan fingerprint density at radius 1 is 1.56 bits per heavy atom. The zero-order valence-electron chi connectivity index (χ0n) is 8.89. The first kappa shape index (κ1) is 11.3. The Morgan fingerprint density at radius 2 is 2.31 bits per heavy atom. The van der Waals surface area contributed by atoms with E-state index < -0.39 is 5.97 Å². The highest BCUT2D eigenvalue weighted by molar-refractivity contribution is 7.15. The molecule has 0 amide bonds. The Bertz CT molecular complexity index is 361. The molecule has 0 aliphatic carbocycles. The molecule has 0 radical (unpaired) electrons. The number of anilines is 1. The molecule has 1 saturated heterocycles. The summed E-state index contributed by atoms with van der Waals surface area (Å²) in [6.45, 7) is 3.21. The molecule has 88 valence electrons. The van der Waals surface area contributed by atoms with E-state index in [4.69, 9.17) is 9.84 Å². The van der Waals surface area contributed by atoms with E-state index in [-0.39, 0.29) is 6.42 Å². The van der Waals surface area contributed by atoms with Crippen LogP contribution in [0.1, 0.15) is 11.3 Å². The van der Waals surface area contributed by atoms with Crippen molar-refractivity contribution in [3.05, 3.63) is 11.1 Å². The van der Waals surface area contributed by atoms with Crippen LogP contribution in [0.4, 0.5) is 5.13 Å². The first-order chi connectivity index (χ1) is 7.75. The zero-order chi connectivity index (χ0) is 11.4. The summed E-state index contributed by atoms with van der Waals surface area (Å²) in [4.78, 5) is 18.0. The summed E-state index contributed by atoms with van der Waals surface area (Å²) in [5.41, 5.74) is 0. The number of rotatable bonds is 4. The molecule has 1 fully saturated rings. The van der Waals surface area contributed by atoms with E-state index in [0.717, 1.165) is 36.3 Å². The highest BCUT2D eigenvalue weighted by Gasteiger charge is 2.14. The van der Waals surface area contributed by atoms with Crippen molar-refractivity contribution in [3.63, 3.8) is 0 Å². The van der Waals surface area contributed by atoms with E-state index in [9.17, 15) is 4.79 Å². The summed E-state index contributed by atoms with van der Waals surface area (Å²) < 4.78 is 5.26. The van der Waals surface area contributed by atoms with Gasteiger partial charge >= 0.3 is 5.97 Å². The first-order valence-corrected chi connectivity index (χ1v) is 6.06. The van der Waals surface area contributed by atoms with Gasteiger partial charge in [0.1, 0.15) is 0 Å². The number of aliphatic carboxylic acids is 1. The van der Waals surface area contributed by atoms with Crippen molar-refractivity contribution >= 4 is 22.4 Å². The van der Waals surface area contributed by atoms with Crippen LogP contribution in [0, 0.1) is 0 Å². The number of morpholine rings is 1. The van der Waals surface area contributed by atoms with Crippen molar-refractivity contribution in [2.75, 3.05) is 31.2 Å². The van der Waals surface area contributed by atoms with E-state index in [1.807, 2.05) is 0 Å². The lowest BCUT2D eigenvalue weighted by molar-refractivity contribution is -0.136.